The molecule has 7 heteroatoms. The van der Waals surface area contributed by atoms with Crippen LogP contribution in [0.4, 0.5) is 0 Å². The van der Waals surface area contributed by atoms with E-state index in [0.717, 1.165) is 9.13 Å². The van der Waals surface area contributed by atoms with Gasteiger partial charge in [-0.25, -0.2) is 0 Å². The zero-order valence-corrected chi connectivity index (χ0v) is 15.4. The minimum atomic E-state index is -0.211. The molecule has 0 fully saturated rings. The molecule has 0 aliphatic heterocycles. The number of ether oxygens (including phenoxy) is 2. The Hall–Kier alpha value is -1.67. The number of phenolic OH excluding ortho intramolecular Hbond substituents is 1. The number of methoxy groups -OCH3 is 2. The van der Waals surface area contributed by atoms with Crippen LogP contribution in [0.25, 0.3) is 0 Å². The van der Waals surface area contributed by atoms with Gasteiger partial charge in [0.2, 0.25) is 5.75 Å². The van der Waals surface area contributed by atoms with Gasteiger partial charge in [0.05, 0.1) is 19.8 Å². The average Bonchev–Trinajstić information content (AvgIpc) is 2.53. The summed E-state index contributed by atoms with van der Waals surface area (Å²) in [7, 11) is 2.90. The number of aromatic hydroxyl groups is 1. The molecule has 2 N–H and O–H groups in total. The number of carbonyl (C=O) groups is 1. The molecule has 0 radical (unpaired) electrons. The summed E-state index contributed by atoms with van der Waals surface area (Å²) in [6, 6.07) is 8.36. The van der Waals surface area contributed by atoms with E-state index in [2.05, 4.69) is 27.9 Å². The van der Waals surface area contributed by atoms with Gasteiger partial charge in [0.15, 0.2) is 11.5 Å². The van der Waals surface area contributed by atoms with E-state index in [0.29, 0.717) is 10.6 Å². The van der Waals surface area contributed by atoms with Crippen molar-refractivity contribution in [1.82, 2.24) is 5.32 Å². The number of nitrogens with one attached hydrogen (secondary N) is 1. The van der Waals surface area contributed by atoms with Crippen LogP contribution in [0.15, 0.2) is 30.3 Å². The molecule has 0 unspecified atom stereocenters. The van der Waals surface area contributed by atoms with E-state index in [1.54, 1.807) is 30.3 Å². The molecular weight excluding hydrogens is 433 g/mol. The summed E-state index contributed by atoms with van der Waals surface area (Å²) < 4.78 is 11.0. The maximum absolute atomic E-state index is 12.3. The number of hydrogen-bond acceptors (Lipinski definition) is 4. The largest absolute Gasteiger partial charge is 0.502 e. The Labute approximate surface area is 152 Å². The fourth-order valence-electron chi connectivity index (χ4n) is 2.00. The van der Waals surface area contributed by atoms with E-state index in [1.807, 2.05) is 0 Å². The molecular formula is C16H15ClINO4. The molecule has 0 atom stereocenters. The normalized spacial score (nSPS) is 10.3. The van der Waals surface area contributed by atoms with Crippen molar-refractivity contribution in [1.29, 1.82) is 0 Å². The van der Waals surface area contributed by atoms with Crippen molar-refractivity contribution in [2.75, 3.05) is 14.2 Å². The molecule has 0 aliphatic carbocycles. The molecule has 0 saturated carbocycles. The van der Waals surface area contributed by atoms with Crippen molar-refractivity contribution in [2.24, 2.45) is 0 Å². The Morgan fingerprint density at radius 2 is 1.83 bits per heavy atom. The van der Waals surface area contributed by atoms with Crippen LogP contribution in [0.5, 0.6) is 17.2 Å². The first-order valence-corrected chi connectivity index (χ1v) is 8.09. The maximum atomic E-state index is 12.3. The SMILES string of the molecule is COc1cc(CNC(=O)c2ccc(Cl)cc2I)cc(OC)c1O. The summed E-state index contributed by atoms with van der Waals surface area (Å²) in [5, 5.41) is 13.3. The molecule has 0 heterocycles. The van der Waals surface area contributed by atoms with Gasteiger partial charge in [-0.15, -0.1) is 0 Å². The summed E-state index contributed by atoms with van der Waals surface area (Å²) in [5.41, 5.74) is 1.29. The van der Waals surface area contributed by atoms with Crippen LogP contribution < -0.4 is 14.8 Å². The van der Waals surface area contributed by atoms with Crippen LogP contribution in [0.2, 0.25) is 5.02 Å². The summed E-state index contributed by atoms with van der Waals surface area (Å²) in [5.74, 6) is 0.291. The fourth-order valence-corrected chi connectivity index (χ4v) is 3.12. The molecule has 0 aliphatic rings. The summed E-state index contributed by atoms with van der Waals surface area (Å²) in [4.78, 5) is 12.3. The number of phenols is 1. The third kappa shape index (κ3) is 4.20. The van der Waals surface area contributed by atoms with Crippen molar-refractivity contribution in [3.05, 3.63) is 50.1 Å². The molecule has 0 bridgehead atoms. The van der Waals surface area contributed by atoms with Crippen LogP contribution in [-0.2, 0) is 6.54 Å². The van der Waals surface area contributed by atoms with Gasteiger partial charge in [-0.05, 0) is 58.5 Å². The van der Waals surface area contributed by atoms with Gasteiger partial charge >= 0.3 is 0 Å². The van der Waals surface area contributed by atoms with Crippen LogP contribution >= 0.6 is 34.2 Å². The Balaban J connectivity index is 2.15. The van der Waals surface area contributed by atoms with Crippen molar-refractivity contribution in [3.63, 3.8) is 0 Å². The summed E-state index contributed by atoms with van der Waals surface area (Å²) in [6.07, 6.45) is 0. The zero-order valence-electron chi connectivity index (χ0n) is 12.5. The zero-order chi connectivity index (χ0) is 17.0. The van der Waals surface area contributed by atoms with Crippen molar-refractivity contribution >= 4 is 40.1 Å². The van der Waals surface area contributed by atoms with Gasteiger partial charge in [-0.1, -0.05) is 11.6 Å². The van der Waals surface area contributed by atoms with E-state index in [1.165, 1.54) is 14.2 Å². The van der Waals surface area contributed by atoms with Gasteiger partial charge < -0.3 is 19.9 Å². The molecule has 0 spiro atoms. The van der Waals surface area contributed by atoms with Crippen LogP contribution in [0, 0.1) is 3.57 Å². The minimum absolute atomic E-state index is 0.0719. The highest BCUT2D eigenvalue weighted by Gasteiger charge is 2.13. The Morgan fingerprint density at radius 1 is 1.22 bits per heavy atom. The second kappa shape index (κ2) is 7.74. The van der Waals surface area contributed by atoms with Crippen LogP contribution in [0.1, 0.15) is 15.9 Å². The lowest BCUT2D eigenvalue weighted by atomic mass is 10.1. The number of rotatable bonds is 5. The van der Waals surface area contributed by atoms with Gasteiger partial charge in [-0.3, -0.25) is 4.79 Å². The third-order valence-electron chi connectivity index (χ3n) is 3.17. The summed E-state index contributed by atoms with van der Waals surface area (Å²) >= 11 is 7.95. The van der Waals surface area contributed by atoms with Crippen molar-refractivity contribution in [3.8, 4) is 17.2 Å². The smallest absolute Gasteiger partial charge is 0.252 e. The van der Waals surface area contributed by atoms with Crippen molar-refractivity contribution in [2.45, 2.75) is 6.54 Å². The first kappa shape index (κ1) is 17.7. The van der Waals surface area contributed by atoms with Gasteiger partial charge in [0.1, 0.15) is 0 Å². The molecule has 2 aromatic rings. The number of halogens is 2. The average molecular weight is 448 g/mol. The lowest BCUT2D eigenvalue weighted by Gasteiger charge is -2.12. The number of hydrogen-bond donors (Lipinski definition) is 2. The summed E-state index contributed by atoms with van der Waals surface area (Å²) in [6.45, 7) is 0.268. The molecule has 2 rings (SSSR count). The minimum Gasteiger partial charge on any atom is -0.502 e. The number of benzene rings is 2. The molecule has 0 aromatic heterocycles. The van der Waals surface area contributed by atoms with Crippen LogP contribution in [0.3, 0.4) is 0 Å². The third-order valence-corrected chi connectivity index (χ3v) is 4.30. The maximum Gasteiger partial charge on any atom is 0.252 e. The Morgan fingerprint density at radius 3 is 2.35 bits per heavy atom. The van der Waals surface area contributed by atoms with E-state index >= 15 is 0 Å². The molecule has 1 amide bonds. The predicted octanol–water partition coefficient (Wildman–Crippen LogP) is 3.60. The Bertz CT molecular complexity index is 711. The topological polar surface area (TPSA) is 67.8 Å². The lowest BCUT2D eigenvalue weighted by Crippen LogP contribution is -2.23. The van der Waals surface area contributed by atoms with E-state index in [9.17, 15) is 9.90 Å². The number of carbonyl (C=O) groups excluding carboxylic acids is 1. The van der Waals surface area contributed by atoms with E-state index in [-0.39, 0.29) is 29.7 Å². The van der Waals surface area contributed by atoms with Gasteiger partial charge in [-0.2, -0.15) is 0 Å². The quantitative estimate of drug-likeness (QED) is 0.688. The predicted molar refractivity (Wildman–Crippen MR) is 96.6 cm³/mol. The monoisotopic (exact) mass is 447 g/mol. The van der Waals surface area contributed by atoms with Crippen molar-refractivity contribution < 1.29 is 19.4 Å². The van der Waals surface area contributed by atoms with Gasteiger partial charge in [0.25, 0.3) is 5.91 Å². The standard InChI is InChI=1S/C16H15ClINO4/c1-22-13-5-9(6-14(23-2)15(13)20)8-19-16(21)11-4-3-10(17)7-12(11)18/h3-7,20H,8H2,1-2H3,(H,19,21). The Kier molecular flexibility index (Phi) is 5.95. The highest BCUT2D eigenvalue weighted by atomic mass is 127. The first-order valence-electron chi connectivity index (χ1n) is 6.63. The molecule has 0 saturated heterocycles. The lowest BCUT2D eigenvalue weighted by molar-refractivity contribution is 0.0950. The highest BCUT2D eigenvalue weighted by Crippen LogP contribution is 2.37. The molecule has 2 aromatic carbocycles. The number of amides is 1. The van der Waals surface area contributed by atoms with E-state index in [4.69, 9.17) is 21.1 Å². The molecule has 122 valence electrons. The first-order chi connectivity index (χ1) is 11.0. The second-order valence-electron chi connectivity index (χ2n) is 4.66. The molecule has 5 nitrogen and oxygen atoms in total. The van der Waals surface area contributed by atoms with Crippen LogP contribution in [-0.4, -0.2) is 25.2 Å². The fraction of sp³-hybridized carbons (Fsp3) is 0.188. The molecule has 23 heavy (non-hydrogen) atoms. The van der Waals surface area contributed by atoms with E-state index < -0.39 is 0 Å². The second-order valence-corrected chi connectivity index (χ2v) is 6.25. The van der Waals surface area contributed by atoms with Gasteiger partial charge in [0, 0.05) is 15.1 Å². The highest BCUT2D eigenvalue weighted by molar-refractivity contribution is 14.1.